The minimum Gasteiger partial charge on any atom is -0.422 e. The molecule has 6 rings (SSSR count). The number of esters is 1. The van der Waals surface area contributed by atoms with Crippen molar-refractivity contribution in [1.82, 2.24) is 4.57 Å². The minimum absolute atomic E-state index is 0.0522. The Hall–Kier alpha value is -4.41. The second-order valence-corrected chi connectivity index (χ2v) is 12.1. The highest BCUT2D eigenvalue weighted by Crippen LogP contribution is 2.39. The third kappa shape index (κ3) is 5.48. The molecule has 2 heterocycles. The number of benzene rings is 4. The molecule has 0 saturated carbocycles. The molecular weight excluding hydrogens is 570 g/mol. The number of nitrogens with zero attached hydrogens (tertiary/aromatic N) is 1. The Morgan fingerprint density at radius 1 is 0.732 bits per heavy atom. The Kier molecular flexibility index (Phi) is 7.10. The van der Waals surface area contributed by atoms with Crippen LogP contribution in [0, 0.1) is 0 Å². The van der Waals surface area contributed by atoms with Crippen LogP contribution in [0.15, 0.2) is 131 Å². The van der Waals surface area contributed by atoms with Gasteiger partial charge in [0.25, 0.3) is 0 Å². The highest BCUT2D eigenvalue weighted by Gasteiger charge is 2.25. The van der Waals surface area contributed by atoms with Crippen LogP contribution in [0.4, 0.5) is 0 Å². The average molecular weight is 601 g/mol. The van der Waals surface area contributed by atoms with E-state index in [4.69, 9.17) is 4.74 Å². The average Bonchev–Trinajstić information content (AvgIpc) is 3.54. The first-order valence-electron chi connectivity index (χ1n) is 13.7. The Morgan fingerprint density at radius 3 is 1.95 bits per heavy atom. The quantitative estimate of drug-likeness (QED) is 0.149. The van der Waals surface area contributed by atoms with E-state index in [0.29, 0.717) is 11.3 Å². The van der Waals surface area contributed by atoms with Crippen LogP contribution in [-0.4, -0.2) is 10.5 Å². The van der Waals surface area contributed by atoms with Gasteiger partial charge in [-0.1, -0.05) is 122 Å². The number of cyclic esters (lactones) is 1. The number of hydrogen-bond acceptors (Lipinski definition) is 2. The summed E-state index contributed by atoms with van der Waals surface area (Å²) in [7, 11) is 0. The van der Waals surface area contributed by atoms with E-state index in [2.05, 4.69) is 95.9 Å². The van der Waals surface area contributed by atoms with Crippen LogP contribution >= 0.6 is 15.9 Å². The Bertz CT molecular complexity index is 1770. The highest BCUT2D eigenvalue weighted by atomic mass is 79.9. The van der Waals surface area contributed by atoms with E-state index < -0.39 is 0 Å². The molecule has 1 aliphatic rings. The summed E-state index contributed by atoms with van der Waals surface area (Å²) in [6, 6.07) is 39.3. The van der Waals surface area contributed by atoms with Crippen LogP contribution < -0.4 is 0 Å². The predicted octanol–water partition coefficient (Wildman–Crippen LogP) is 9.85. The molecule has 0 radical (unpaired) electrons. The molecule has 0 unspecified atom stereocenters. The molecule has 202 valence electrons. The van der Waals surface area contributed by atoms with Crippen molar-refractivity contribution in [3.05, 3.63) is 148 Å². The SMILES string of the molecule is CC(C)(C)c1ccc(C2=C/C(=C\c3cc(-c4ccccc4)n(-c4ccc(Br)cc4)c3-c3ccccc3)C(=O)O2)cc1. The summed E-state index contributed by atoms with van der Waals surface area (Å²) in [5.41, 5.74) is 8.83. The van der Waals surface area contributed by atoms with Crippen molar-refractivity contribution in [2.45, 2.75) is 26.2 Å². The molecule has 0 atom stereocenters. The molecule has 41 heavy (non-hydrogen) atoms. The lowest BCUT2D eigenvalue weighted by Crippen LogP contribution is -2.10. The van der Waals surface area contributed by atoms with Gasteiger partial charge in [0.2, 0.25) is 0 Å². The number of rotatable bonds is 5. The number of aromatic nitrogens is 1. The molecule has 0 aliphatic carbocycles. The molecule has 5 aromatic rings. The topological polar surface area (TPSA) is 31.2 Å². The van der Waals surface area contributed by atoms with E-state index >= 15 is 0 Å². The lowest BCUT2D eigenvalue weighted by molar-refractivity contribution is -0.130. The standard InChI is InChI=1S/C37H30BrNO2/c1-37(2,3)30-16-14-26(15-17-30)34-24-29(36(40)41-34)22-28-23-33(25-10-6-4-7-11-25)39(32-20-18-31(38)19-21-32)35(28)27-12-8-5-9-13-27/h4-24H,1-3H3/b29-22+. The molecule has 0 N–H and O–H groups in total. The molecule has 4 aromatic carbocycles. The Balaban J connectivity index is 1.53. The number of halogens is 1. The molecule has 3 nitrogen and oxygen atoms in total. The summed E-state index contributed by atoms with van der Waals surface area (Å²) in [6.07, 6.45) is 3.80. The Morgan fingerprint density at radius 2 is 1.34 bits per heavy atom. The van der Waals surface area contributed by atoms with Gasteiger partial charge in [-0.15, -0.1) is 0 Å². The lowest BCUT2D eigenvalue weighted by atomic mass is 9.86. The number of ether oxygens (including phenoxy) is 1. The second-order valence-electron chi connectivity index (χ2n) is 11.2. The van der Waals surface area contributed by atoms with Crippen LogP contribution in [0.5, 0.6) is 0 Å². The third-order valence-corrected chi connectivity index (χ3v) is 7.83. The molecule has 0 bridgehead atoms. The first-order chi connectivity index (χ1) is 19.8. The minimum atomic E-state index is -0.350. The third-order valence-electron chi connectivity index (χ3n) is 7.30. The first kappa shape index (κ1) is 26.8. The number of carbonyl (C=O) groups excluding carboxylic acids is 1. The van der Waals surface area contributed by atoms with Crippen LogP contribution in [0.1, 0.15) is 37.5 Å². The van der Waals surface area contributed by atoms with Crippen LogP contribution in [-0.2, 0) is 14.9 Å². The van der Waals surface area contributed by atoms with Crippen molar-refractivity contribution in [2.24, 2.45) is 0 Å². The van der Waals surface area contributed by atoms with Gasteiger partial charge >= 0.3 is 5.97 Å². The molecule has 0 fully saturated rings. The maximum absolute atomic E-state index is 13.2. The normalized spacial score (nSPS) is 14.3. The fourth-order valence-corrected chi connectivity index (χ4v) is 5.41. The van der Waals surface area contributed by atoms with Gasteiger partial charge in [-0.05, 0) is 64.6 Å². The van der Waals surface area contributed by atoms with Gasteiger partial charge < -0.3 is 9.30 Å². The molecule has 0 spiro atoms. The van der Waals surface area contributed by atoms with Crippen molar-refractivity contribution >= 4 is 33.7 Å². The monoisotopic (exact) mass is 599 g/mol. The molecule has 4 heteroatoms. The fourth-order valence-electron chi connectivity index (χ4n) is 5.14. The smallest absolute Gasteiger partial charge is 0.343 e. The van der Waals surface area contributed by atoms with E-state index in [1.807, 2.05) is 72.8 Å². The number of hydrogen-bond donors (Lipinski definition) is 0. The maximum Gasteiger partial charge on any atom is 0.343 e. The van der Waals surface area contributed by atoms with Gasteiger partial charge in [0.15, 0.2) is 0 Å². The highest BCUT2D eigenvalue weighted by molar-refractivity contribution is 9.10. The van der Waals surface area contributed by atoms with E-state index in [9.17, 15) is 4.79 Å². The van der Waals surface area contributed by atoms with E-state index in [1.165, 1.54) is 5.56 Å². The zero-order valence-corrected chi connectivity index (χ0v) is 24.9. The van der Waals surface area contributed by atoms with Crippen molar-refractivity contribution in [2.75, 3.05) is 0 Å². The summed E-state index contributed by atoms with van der Waals surface area (Å²) in [4.78, 5) is 13.2. The van der Waals surface area contributed by atoms with Crippen LogP contribution in [0.2, 0.25) is 0 Å². The molecule has 1 aromatic heterocycles. The summed E-state index contributed by atoms with van der Waals surface area (Å²) in [6.45, 7) is 6.56. The molecule has 0 amide bonds. The summed E-state index contributed by atoms with van der Waals surface area (Å²) >= 11 is 3.58. The van der Waals surface area contributed by atoms with Gasteiger partial charge in [-0.3, -0.25) is 0 Å². The molecular formula is C37H30BrNO2. The molecule has 1 aliphatic heterocycles. The fraction of sp³-hybridized carbons (Fsp3) is 0.108. The second kappa shape index (κ2) is 10.9. The largest absolute Gasteiger partial charge is 0.422 e. The van der Waals surface area contributed by atoms with Crippen LogP contribution in [0.25, 0.3) is 40.0 Å². The summed E-state index contributed by atoms with van der Waals surface area (Å²) in [5.74, 6) is 0.218. The van der Waals surface area contributed by atoms with Gasteiger partial charge in [-0.25, -0.2) is 4.79 Å². The number of carbonyl (C=O) groups is 1. The van der Waals surface area contributed by atoms with Gasteiger partial charge in [0.05, 0.1) is 17.0 Å². The first-order valence-corrected chi connectivity index (χ1v) is 14.5. The van der Waals surface area contributed by atoms with Gasteiger partial charge in [0, 0.05) is 21.3 Å². The van der Waals surface area contributed by atoms with Crippen molar-refractivity contribution in [3.63, 3.8) is 0 Å². The van der Waals surface area contributed by atoms with Crippen molar-refractivity contribution < 1.29 is 9.53 Å². The van der Waals surface area contributed by atoms with Crippen molar-refractivity contribution in [3.8, 4) is 28.2 Å². The van der Waals surface area contributed by atoms with E-state index in [0.717, 1.165) is 43.8 Å². The molecule has 0 saturated heterocycles. The van der Waals surface area contributed by atoms with Crippen LogP contribution in [0.3, 0.4) is 0 Å². The van der Waals surface area contributed by atoms with Gasteiger partial charge in [-0.2, -0.15) is 0 Å². The summed E-state index contributed by atoms with van der Waals surface area (Å²) in [5, 5.41) is 0. The summed E-state index contributed by atoms with van der Waals surface area (Å²) < 4.78 is 9.04. The van der Waals surface area contributed by atoms with Crippen molar-refractivity contribution in [1.29, 1.82) is 0 Å². The van der Waals surface area contributed by atoms with E-state index in [-0.39, 0.29) is 11.4 Å². The van der Waals surface area contributed by atoms with Gasteiger partial charge in [0.1, 0.15) is 5.76 Å². The Labute approximate surface area is 249 Å². The lowest BCUT2D eigenvalue weighted by Gasteiger charge is -2.19. The maximum atomic E-state index is 13.2. The predicted molar refractivity (Wildman–Crippen MR) is 172 cm³/mol. The zero-order chi connectivity index (χ0) is 28.6. The van der Waals surface area contributed by atoms with E-state index in [1.54, 1.807) is 0 Å². The zero-order valence-electron chi connectivity index (χ0n) is 23.3.